The minimum Gasteiger partial charge on any atom is -0.0654 e. The topological polar surface area (TPSA) is 0 Å². The predicted octanol–water partition coefficient (Wildman–Crippen LogP) is 7.91. The largest absolute Gasteiger partial charge is 0.0654 e. The zero-order valence-corrected chi connectivity index (χ0v) is 15.8. The zero-order chi connectivity index (χ0) is 16.6. The highest BCUT2D eigenvalue weighted by Gasteiger charge is 2.09. The van der Waals surface area contributed by atoms with E-state index in [2.05, 4.69) is 44.2 Å². The molecule has 0 heteroatoms. The molecule has 0 atom stereocenters. The van der Waals surface area contributed by atoms with E-state index in [1.807, 2.05) is 0 Å². The summed E-state index contributed by atoms with van der Waals surface area (Å²) in [5, 5.41) is 0. The van der Waals surface area contributed by atoms with Crippen molar-refractivity contribution in [2.45, 2.75) is 104 Å². The average molecular weight is 316 g/mol. The molecule has 0 nitrogen and oxygen atoms in total. The van der Waals surface area contributed by atoms with Crippen LogP contribution < -0.4 is 0 Å². The standard InChI is InChI=1S/C23H39/c1-3-5-7-8-9-10-11-12-14-18-22(17-6-4-2)21-23-19-15-13-16-20-23/h13,15-16,19-20H,3-12,14,17-18,21H2,1-2H3. The molecule has 0 heterocycles. The third kappa shape index (κ3) is 11.4. The van der Waals surface area contributed by atoms with E-state index in [4.69, 9.17) is 0 Å². The van der Waals surface area contributed by atoms with Crippen molar-refractivity contribution in [1.29, 1.82) is 0 Å². The highest BCUT2D eigenvalue weighted by molar-refractivity contribution is 5.19. The monoisotopic (exact) mass is 315 g/mol. The second kappa shape index (κ2) is 14.8. The van der Waals surface area contributed by atoms with Crippen LogP contribution in [0.5, 0.6) is 0 Å². The molecule has 1 aromatic rings. The van der Waals surface area contributed by atoms with Gasteiger partial charge in [-0.25, -0.2) is 0 Å². The average Bonchev–Trinajstić information content (AvgIpc) is 2.59. The first-order valence-electron chi connectivity index (χ1n) is 10.2. The van der Waals surface area contributed by atoms with Crippen LogP contribution in [-0.4, -0.2) is 0 Å². The van der Waals surface area contributed by atoms with E-state index in [-0.39, 0.29) is 0 Å². The molecule has 0 aliphatic heterocycles. The van der Waals surface area contributed by atoms with Gasteiger partial charge in [0.2, 0.25) is 0 Å². The normalized spacial score (nSPS) is 11.3. The van der Waals surface area contributed by atoms with Crippen molar-refractivity contribution in [2.75, 3.05) is 0 Å². The smallest absolute Gasteiger partial charge is 0.0197 e. The Kier molecular flexibility index (Phi) is 13.0. The van der Waals surface area contributed by atoms with E-state index < -0.39 is 0 Å². The SMILES string of the molecule is CCCCCCCCCCC[C](CCCC)Cc1ccccc1. The van der Waals surface area contributed by atoms with Crippen molar-refractivity contribution >= 4 is 0 Å². The molecule has 0 fully saturated rings. The first kappa shape index (κ1) is 20.3. The molecular formula is C23H39. The molecule has 23 heavy (non-hydrogen) atoms. The van der Waals surface area contributed by atoms with Gasteiger partial charge in [-0.1, -0.05) is 115 Å². The molecule has 0 aliphatic carbocycles. The van der Waals surface area contributed by atoms with Crippen molar-refractivity contribution in [2.24, 2.45) is 0 Å². The van der Waals surface area contributed by atoms with Crippen molar-refractivity contribution in [1.82, 2.24) is 0 Å². The van der Waals surface area contributed by atoms with E-state index in [1.165, 1.54) is 95.5 Å². The third-order valence-electron chi connectivity index (χ3n) is 4.81. The fourth-order valence-corrected chi connectivity index (χ4v) is 3.30. The highest BCUT2D eigenvalue weighted by Crippen LogP contribution is 2.24. The molecule has 0 saturated carbocycles. The van der Waals surface area contributed by atoms with Crippen LogP contribution in [0.2, 0.25) is 0 Å². The Labute approximate surface area is 146 Å². The van der Waals surface area contributed by atoms with Gasteiger partial charge in [0.15, 0.2) is 0 Å². The van der Waals surface area contributed by atoms with Crippen LogP contribution in [0.1, 0.15) is 103 Å². The van der Waals surface area contributed by atoms with E-state index in [1.54, 1.807) is 5.92 Å². The zero-order valence-electron chi connectivity index (χ0n) is 15.8. The fourth-order valence-electron chi connectivity index (χ4n) is 3.30. The summed E-state index contributed by atoms with van der Waals surface area (Å²) in [4.78, 5) is 0. The van der Waals surface area contributed by atoms with Crippen molar-refractivity contribution in [3.63, 3.8) is 0 Å². The maximum atomic E-state index is 2.30. The minimum absolute atomic E-state index is 1.21. The first-order valence-corrected chi connectivity index (χ1v) is 10.2. The molecule has 0 saturated heterocycles. The van der Waals surface area contributed by atoms with Gasteiger partial charge in [-0.15, -0.1) is 0 Å². The molecule has 1 aromatic carbocycles. The Morgan fingerprint density at radius 1 is 0.609 bits per heavy atom. The van der Waals surface area contributed by atoms with Gasteiger partial charge >= 0.3 is 0 Å². The highest BCUT2D eigenvalue weighted by atomic mass is 14.1. The molecule has 1 radical (unpaired) electrons. The number of hydrogen-bond acceptors (Lipinski definition) is 0. The molecule has 0 amide bonds. The first-order chi connectivity index (χ1) is 11.4. The van der Waals surface area contributed by atoms with Crippen molar-refractivity contribution < 1.29 is 0 Å². The summed E-state index contributed by atoms with van der Waals surface area (Å²) in [6, 6.07) is 11.0. The van der Waals surface area contributed by atoms with Crippen molar-refractivity contribution in [3.8, 4) is 0 Å². The van der Waals surface area contributed by atoms with Crippen LogP contribution in [0.15, 0.2) is 30.3 Å². The van der Waals surface area contributed by atoms with Gasteiger partial charge < -0.3 is 0 Å². The Hall–Kier alpha value is -0.780. The second-order valence-corrected chi connectivity index (χ2v) is 7.09. The molecule has 131 valence electrons. The van der Waals surface area contributed by atoms with Crippen LogP contribution >= 0.6 is 0 Å². The van der Waals surface area contributed by atoms with Gasteiger partial charge in [0.1, 0.15) is 0 Å². The number of unbranched alkanes of at least 4 members (excludes halogenated alkanes) is 9. The van der Waals surface area contributed by atoms with E-state index in [9.17, 15) is 0 Å². The van der Waals surface area contributed by atoms with Crippen LogP contribution in [0.3, 0.4) is 0 Å². The number of rotatable bonds is 15. The van der Waals surface area contributed by atoms with Crippen LogP contribution in [0, 0.1) is 5.92 Å². The Morgan fingerprint density at radius 3 is 1.74 bits per heavy atom. The molecule has 0 N–H and O–H groups in total. The van der Waals surface area contributed by atoms with Crippen LogP contribution in [0.4, 0.5) is 0 Å². The summed E-state index contributed by atoms with van der Waals surface area (Å²) in [7, 11) is 0. The third-order valence-corrected chi connectivity index (χ3v) is 4.81. The maximum absolute atomic E-state index is 2.30. The van der Waals surface area contributed by atoms with Gasteiger partial charge in [0, 0.05) is 0 Å². The fraction of sp³-hybridized carbons (Fsp3) is 0.696. The lowest BCUT2D eigenvalue weighted by Crippen LogP contribution is -2.02. The van der Waals surface area contributed by atoms with E-state index in [0.29, 0.717) is 0 Å². The summed E-state index contributed by atoms with van der Waals surface area (Å²) in [5.74, 6) is 1.78. The Bertz CT molecular complexity index is 340. The second-order valence-electron chi connectivity index (χ2n) is 7.09. The molecule has 1 rings (SSSR count). The number of benzene rings is 1. The summed E-state index contributed by atoms with van der Waals surface area (Å²) < 4.78 is 0. The van der Waals surface area contributed by atoms with Gasteiger partial charge in [-0.05, 0) is 30.7 Å². The molecule has 0 spiro atoms. The van der Waals surface area contributed by atoms with Crippen molar-refractivity contribution in [3.05, 3.63) is 41.8 Å². The Balaban J connectivity index is 2.11. The van der Waals surface area contributed by atoms with Gasteiger partial charge in [-0.3, -0.25) is 0 Å². The van der Waals surface area contributed by atoms with Gasteiger partial charge in [0.25, 0.3) is 0 Å². The summed E-state index contributed by atoms with van der Waals surface area (Å²) in [5.41, 5.74) is 1.49. The summed E-state index contributed by atoms with van der Waals surface area (Å²) >= 11 is 0. The molecule has 0 aromatic heterocycles. The van der Waals surface area contributed by atoms with Gasteiger partial charge in [0.05, 0.1) is 0 Å². The predicted molar refractivity (Wildman–Crippen MR) is 105 cm³/mol. The maximum Gasteiger partial charge on any atom is -0.0197 e. The molecular weight excluding hydrogens is 276 g/mol. The lowest BCUT2D eigenvalue weighted by Gasteiger charge is -2.16. The van der Waals surface area contributed by atoms with Gasteiger partial charge in [-0.2, -0.15) is 0 Å². The molecule has 0 bridgehead atoms. The molecule has 0 aliphatic rings. The van der Waals surface area contributed by atoms with E-state index in [0.717, 1.165) is 0 Å². The summed E-state index contributed by atoms with van der Waals surface area (Å²) in [6.45, 7) is 4.60. The summed E-state index contributed by atoms with van der Waals surface area (Å²) in [6.07, 6.45) is 19.4. The minimum atomic E-state index is 1.21. The molecule has 0 unspecified atom stereocenters. The van der Waals surface area contributed by atoms with E-state index >= 15 is 0 Å². The number of hydrogen-bond donors (Lipinski definition) is 0. The van der Waals surface area contributed by atoms with Crippen LogP contribution in [-0.2, 0) is 6.42 Å². The lowest BCUT2D eigenvalue weighted by molar-refractivity contribution is 0.544. The Morgan fingerprint density at radius 2 is 1.13 bits per heavy atom. The quantitative estimate of drug-likeness (QED) is 0.288. The lowest BCUT2D eigenvalue weighted by atomic mass is 9.89. The van der Waals surface area contributed by atoms with Crippen LogP contribution in [0.25, 0.3) is 0 Å².